The van der Waals surface area contributed by atoms with Gasteiger partial charge in [-0.15, -0.1) is 0 Å². The van der Waals surface area contributed by atoms with E-state index in [0.29, 0.717) is 0 Å². The van der Waals surface area contributed by atoms with Crippen LogP contribution in [0.1, 0.15) is 37.4 Å². The van der Waals surface area contributed by atoms with E-state index in [0.717, 1.165) is 21.6 Å². The number of hydrogen-bond acceptors (Lipinski definition) is 4. The number of hydrogen-bond donors (Lipinski definition) is 1. The Kier molecular flexibility index (Phi) is 7.52. The number of rotatable bonds is 7. The molecule has 2 aromatic carbocycles. The predicted octanol–water partition coefficient (Wildman–Crippen LogP) is 4.79. The third-order valence-electron chi connectivity index (χ3n) is 6.73. The number of alkyl halides is 4. The van der Waals surface area contributed by atoms with Crippen LogP contribution < -0.4 is 5.32 Å². The number of carbonyl (C=O) groups is 2. The van der Waals surface area contributed by atoms with Gasteiger partial charge >= 0.3 is 6.18 Å². The molecule has 2 aliphatic heterocycles. The van der Waals surface area contributed by atoms with Crippen molar-refractivity contribution in [3.8, 4) is 11.1 Å². The molecule has 2 fully saturated rings. The van der Waals surface area contributed by atoms with Crippen molar-refractivity contribution in [3.63, 3.8) is 0 Å². The highest BCUT2D eigenvalue weighted by Crippen LogP contribution is 2.36. The van der Waals surface area contributed by atoms with Gasteiger partial charge < -0.3 is 9.64 Å². The van der Waals surface area contributed by atoms with E-state index < -0.39 is 48.3 Å². The van der Waals surface area contributed by atoms with Gasteiger partial charge in [-0.25, -0.2) is 4.39 Å². The number of fused-ring (bicyclic) bond motifs is 1. The van der Waals surface area contributed by atoms with E-state index in [1.54, 1.807) is 26.0 Å². The molecule has 2 saturated heterocycles. The minimum absolute atomic E-state index is 0.0390. The number of nitrogens with zero attached hydrogens (tertiary/aromatic N) is 1. The van der Waals surface area contributed by atoms with Crippen molar-refractivity contribution < 1.29 is 31.9 Å². The van der Waals surface area contributed by atoms with Crippen LogP contribution in [0.5, 0.6) is 0 Å². The second-order valence-corrected chi connectivity index (χ2v) is 10.0. The molecule has 2 aromatic rings. The molecule has 1 N–H and O–H groups in total. The SMILES string of the molecule is Cc1ccc(-c2ccc([C@H](N[C@@H](CC(C)C)C(=O)N3C[C@H](F)[C@H]4OCC(=O)[C@H]43)C(F)(F)F)cc2)cc1. The summed E-state index contributed by atoms with van der Waals surface area (Å²) in [6.45, 7) is 4.84. The fraction of sp³-hybridized carbons (Fsp3) is 0.481. The number of likely N-dealkylation sites (tertiary alicyclic amines) is 1. The van der Waals surface area contributed by atoms with Crippen molar-refractivity contribution in [2.75, 3.05) is 13.2 Å². The number of ketones is 1. The van der Waals surface area contributed by atoms with E-state index in [9.17, 15) is 27.2 Å². The lowest BCUT2D eigenvalue weighted by molar-refractivity contribution is -0.163. The lowest BCUT2D eigenvalue weighted by Crippen LogP contribution is -2.53. The Balaban J connectivity index is 1.59. The summed E-state index contributed by atoms with van der Waals surface area (Å²) in [4.78, 5) is 26.7. The molecule has 36 heavy (non-hydrogen) atoms. The molecule has 2 heterocycles. The Morgan fingerprint density at radius 2 is 1.67 bits per heavy atom. The van der Waals surface area contributed by atoms with E-state index in [1.165, 1.54) is 12.1 Å². The second kappa shape index (κ2) is 10.3. The highest BCUT2D eigenvalue weighted by atomic mass is 19.4. The Labute approximate surface area is 207 Å². The molecule has 0 unspecified atom stereocenters. The Hall–Kier alpha value is -2.78. The van der Waals surface area contributed by atoms with Gasteiger partial charge in [-0.3, -0.25) is 14.9 Å². The van der Waals surface area contributed by atoms with Crippen LogP contribution in [0.3, 0.4) is 0 Å². The molecule has 0 aliphatic carbocycles. The maximum atomic E-state index is 14.4. The zero-order chi connectivity index (χ0) is 26.2. The van der Waals surface area contributed by atoms with Gasteiger partial charge in [-0.05, 0) is 36.0 Å². The van der Waals surface area contributed by atoms with Crippen LogP contribution in [-0.2, 0) is 14.3 Å². The standard InChI is InChI=1S/C27H30F4N2O3/c1-15(2)12-21(26(35)33-13-20(28)24-23(33)22(34)14-36-24)32-25(27(29,30)31)19-10-8-18(9-11-19)17-6-4-16(3)5-7-17/h4-11,15,20-21,23-25,32H,12-14H2,1-3H3/t20-,21-,23+,24+,25-/m0/s1. The van der Waals surface area contributed by atoms with Crippen molar-refractivity contribution in [2.24, 2.45) is 5.92 Å². The van der Waals surface area contributed by atoms with Gasteiger partial charge in [0.1, 0.15) is 31.0 Å². The number of halogens is 4. The number of Topliss-reactive ketones (excluding diaryl/α,β-unsaturated/α-hetero) is 1. The topological polar surface area (TPSA) is 58.6 Å². The lowest BCUT2D eigenvalue weighted by Gasteiger charge is -2.32. The normalized spacial score (nSPS) is 23.7. The summed E-state index contributed by atoms with van der Waals surface area (Å²) in [5.41, 5.74) is 2.69. The van der Waals surface area contributed by atoms with E-state index in [-0.39, 0.29) is 31.1 Å². The first-order valence-electron chi connectivity index (χ1n) is 12.0. The summed E-state index contributed by atoms with van der Waals surface area (Å²) in [7, 11) is 0. The van der Waals surface area contributed by atoms with Gasteiger partial charge in [0.15, 0.2) is 5.78 Å². The number of nitrogens with one attached hydrogen (secondary N) is 1. The summed E-state index contributed by atoms with van der Waals surface area (Å²) in [6.07, 6.45) is -7.22. The molecule has 0 spiro atoms. The Bertz CT molecular complexity index is 1090. The zero-order valence-electron chi connectivity index (χ0n) is 20.4. The average Bonchev–Trinajstić information content (AvgIpc) is 3.36. The van der Waals surface area contributed by atoms with Gasteiger partial charge in [0.2, 0.25) is 5.91 Å². The largest absolute Gasteiger partial charge is 0.407 e. The lowest BCUT2D eigenvalue weighted by atomic mass is 9.97. The van der Waals surface area contributed by atoms with Crippen molar-refractivity contribution in [3.05, 3.63) is 59.7 Å². The van der Waals surface area contributed by atoms with Crippen molar-refractivity contribution >= 4 is 11.7 Å². The van der Waals surface area contributed by atoms with Crippen LogP contribution in [0.15, 0.2) is 48.5 Å². The summed E-state index contributed by atoms with van der Waals surface area (Å²) >= 11 is 0. The third kappa shape index (κ3) is 5.47. The number of carbonyl (C=O) groups excluding carboxylic acids is 2. The third-order valence-corrected chi connectivity index (χ3v) is 6.73. The maximum Gasteiger partial charge on any atom is 0.407 e. The monoisotopic (exact) mass is 506 g/mol. The van der Waals surface area contributed by atoms with Gasteiger partial charge in [0.25, 0.3) is 0 Å². The molecule has 1 amide bonds. The molecule has 0 aromatic heterocycles. The van der Waals surface area contributed by atoms with Crippen LogP contribution >= 0.6 is 0 Å². The van der Waals surface area contributed by atoms with Crippen LogP contribution in [0.2, 0.25) is 0 Å². The Morgan fingerprint density at radius 3 is 2.22 bits per heavy atom. The smallest absolute Gasteiger partial charge is 0.365 e. The van der Waals surface area contributed by atoms with Crippen LogP contribution in [0.25, 0.3) is 11.1 Å². The minimum Gasteiger partial charge on any atom is -0.365 e. The fourth-order valence-corrected chi connectivity index (χ4v) is 4.93. The minimum atomic E-state index is -4.69. The van der Waals surface area contributed by atoms with Crippen molar-refractivity contribution in [1.82, 2.24) is 10.2 Å². The summed E-state index contributed by atoms with van der Waals surface area (Å²) in [5.74, 6) is -1.28. The zero-order valence-corrected chi connectivity index (χ0v) is 20.4. The van der Waals surface area contributed by atoms with Crippen molar-refractivity contribution in [1.29, 1.82) is 0 Å². The maximum absolute atomic E-state index is 14.4. The van der Waals surface area contributed by atoms with Crippen molar-refractivity contribution in [2.45, 2.75) is 63.8 Å². The molecule has 0 bridgehead atoms. The molecule has 9 heteroatoms. The van der Waals surface area contributed by atoms with E-state index in [1.807, 2.05) is 31.2 Å². The first kappa shape index (κ1) is 26.3. The predicted molar refractivity (Wildman–Crippen MR) is 127 cm³/mol. The molecule has 2 aliphatic rings. The molecule has 4 rings (SSSR count). The summed E-state index contributed by atoms with van der Waals surface area (Å²) in [5, 5.41) is 2.50. The highest BCUT2D eigenvalue weighted by Gasteiger charge is 2.54. The van der Waals surface area contributed by atoms with E-state index in [2.05, 4.69) is 5.32 Å². The van der Waals surface area contributed by atoms with E-state index in [4.69, 9.17) is 4.74 Å². The van der Waals surface area contributed by atoms with Gasteiger partial charge in [0.05, 0.1) is 12.6 Å². The second-order valence-electron chi connectivity index (χ2n) is 10.0. The number of aryl methyl sites for hydroxylation is 1. The van der Waals surface area contributed by atoms with Crippen LogP contribution in [0.4, 0.5) is 17.6 Å². The number of amides is 1. The highest BCUT2D eigenvalue weighted by molar-refractivity contribution is 5.94. The first-order chi connectivity index (χ1) is 17.0. The van der Waals surface area contributed by atoms with Crippen LogP contribution in [0, 0.1) is 12.8 Å². The average molecular weight is 507 g/mol. The number of benzene rings is 2. The van der Waals surface area contributed by atoms with E-state index >= 15 is 0 Å². The van der Waals surface area contributed by atoms with Crippen LogP contribution in [-0.4, -0.2) is 60.3 Å². The Morgan fingerprint density at radius 1 is 1.08 bits per heavy atom. The molecule has 194 valence electrons. The van der Waals surface area contributed by atoms with Gasteiger partial charge in [0, 0.05) is 0 Å². The molecular formula is C27H30F4N2O3. The number of ether oxygens (including phenoxy) is 1. The fourth-order valence-electron chi connectivity index (χ4n) is 4.93. The molecule has 0 radical (unpaired) electrons. The quantitative estimate of drug-likeness (QED) is 0.549. The van der Waals surface area contributed by atoms with Gasteiger partial charge in [-0.1, -0.05) is 67.9 Å². The molecule has 5 nitrogen and oxygen atoms in total. The molecule has 0 saturated carbocycles. The summed E-state index contributed by atoms with van der Waals surface area (Å²) < 4.78 is 62.3. The molecular weight excluding hydrogens is 476 g/mol. The molecule has 5 atom stereocenters. The first-order valence-corrected chi connectivity index (χ1v) is 12.0. The summed E-state index contributed by atoms with van der Waals surface area (Å²) in [6, 6.07) is 9.21. The van der Waals surface area contributed by atoms with Gasteiger partial charge in [-0.2, -0.15) is 13.2 Å².